The standard InChI is InChI=1S/C23H26N4O6S/c1-2-33-16-7-9-17(10-8-16)34(31,32)27-14-15(11-21(27)23(25)30)13-26-20-6-4-3-5-18(20)19(24)12-22(28)29/h3-10,13,15,21,24H,2,11-12,14H2,1H3,(H2,25,30)(H,28,29)/t15?,21-/m0/s1. The average molecular weight is 487 g/mol. The zero-order valence-electron chi connectivity index (χ0n) is 18.5. The summed E-state index contributed by atoms with van der Waals surface area (Å²) in [5, 5.41) is 17.0. The Morgan fingerprint density at radius 3 is 2.53 bits per heavy atom. The fraction of sp³-hybridized carbons (Fsp3) is 0.304. The highest BCUT2D eigenvalue weighted by Gasteiger charge is 2.42. The second-order valence-corrected chi connectivity index (χ2v) is 9.63. The molecule has 1 saturated heterocycles. The lowest BCUT2D eigenvalue weighted by Crippen LogP contribution is -2.43. The number of rotatable bonds is 10. The second-order valence-electron chi connectivity index (χ2n) is 7.74. The highest BCUT2D eigenvalue weighted by Crippen LogP contribution is 2.30. The van der Waals surface area contributed by atoms with Gasteiger partial charge in [-0.1, -0.05) is 18.2 Å². The summed E-state index contributed by atoms with van der Waals surface area (Å²) in [4.78, 5) is 27.4. The molecule has 1 aliphatic heterocycles. The molecule has 1 amide bonds. The first-order chi connectivity index (χ1) is 16.1. The van der Waals surface area contributed by atoms with Gasteiger partial charge in [0.25, 0.3) is 0 Å². The molecular weight excluding hydrogens is 460 g/mol. The van der Waals surface area contributed by atoms with Crippen LogP contribution in [-0.4, -0.2) is 60.8 Å². The molecule has 1 fully saturated rings. The predicted molar refractivity (Wildman–Crippen MR) is 126 cm³/mol. The summed E-state index contributed by atoms with van der Waals surface area (Å²) in [5.74, 6) is -1.75. The Morgan fingerprint density at radius 1 is 1.24 bits per heavy atom. The molecule has 2 aromatic carbocycles. The Labute approximate surface area is 197 Å². The highest BCUT2D eigenvalue weighted by atomic mass is 32.2. The maximum Gasteiger partial charge on any atom is 0.309 e. The summed E-state index contributed by atoms with van der Waals surface area (Å²) in [6, 6.07) is 11.5. The van der Waals surface area contributed by atoms with Gasteiger partial charge >= 0.3 is 5.97 Å². The predicted octanol–water partition coefficient (Wildman–Crippen LogP) is 2.19. The van der Waals surface area contributed by atoms with Crippen LogP contribution in [0.1, 0.15) is 25.3 Å². The van der Waals surface area contributed by atoms with Crippen molar-refractivity contribution in [2.75, 3.05) is 13.2 Å². The maximum atomic E-state index is 13.2. The number of hydrogen-bond acceptors (Lipinski definition) is 7. The molecule has 34 heavy (non-hydrogen) atoms. The lowest BCUT2D eigenvalue weighted by atomic mass is 10.0. The number of para-hydroxylation sites is 1. The molecule has 3 rings (SSSR count). The first-order valence-corrected chi connectivity index (χ1v) is 12.0. The van der Waals surface area contributed by atoms with Crippen molar-refractivity contribution in [3.8, 4) is 5.75 Å². The molecule has 0 bridgehead atoms. The Kier molecular flexibility index (Phi) is 7.79. The summed E-state index contributed by atoms with van der Waals surface area (Å²) < 4.78 is 32.9. The van der Waals surface area contributed by atoms with Gasteiger partial charge in [-0.3, -0.25) is 14.6 Å². The van der Waals surface area contributed by atoms with Crippen molar-refractivity contribution in [1.29, 1.82) is 5.41 Å². The first kappa shape index (κ1) is 25.1. The number of carboxylic acid groups (broad SMARTS) is 1. The van der Waals surface area contributed by atoms with Crippen LogP contribution in [-0.2, 0) is 19.6 Å². The Hall–Kier alpha value is -3.57. The van der Waals surface area contributed by atoms with Gasteiger partial charge in [-0.25, -0.2) is 8.42 Å². The van der Waals surface area contributed by atoms with Gasteiger partial charge in [0.05, 0.1) is 29.3 Å². The first-order valence-electron chi connectivity index (χ1n) is 10.6. The molecule has 1 heterocycles. The number of nitrogens with one attached hydrogen (secondary N) is 1. The third-order valence-corrected chi connectivity index (χ3v) is 7.23. The van der Waals surface area contributed by atoms with E-state index in [9.17, 15) is 18.0 Å². The molecule has 0 spiro atoms. The molecule has 4 N–H and O–H groups in total. The lowest BCUT2D eigenvalue weighted by molar-refractivity contribution is -0.135. The molecule has 0 saturated carbocycles. The zero-order chi connectivity index (χ0) is 24.9. The van der Waals surface area contributed by atoms with Gasteiger partial charge < -0.3 is 21.0 Å². The van der Waals surface area contributed by atoms with E-state index in [1.807, 2.05) is 6.92 Å². The van der Waals surface area contributed by atoms with E-state index < -0.39 is 40.3 Å². The van der Waals surface area contributed by atoms with Crippen LogP contribution in [0.15, 0.2) is 58.4 Å². The summed E-state index contributed by atoms with van der Waals surface area (Å²) in [6.45, 7) is 2.27. The molecular formula is C23H26N4O6S. The quantitative estimate of drug-likeness (QED) is 0.436. The number of primary amides is 1. The van der Waals surface area contributed by atoms with E-state index in [1.165, 1.54) is 18.3 Å². The molecule has 180 valence electrons. The van der Waals surface area contributed by atoms with Gasteiger partial charge in [0.1, 0.15) is 11.8 Å². The average Bonchev–Trinajstić information content (AvgIpc) is 3.24. The minimum atomic E-state index is -4.00. The molecule has 0 aromatic heterocycles. The van der Waals surface area contributed by atoms with Crippen molar-refractivity contribution in [2.24, 2.45) is 16.6 Å². The number of amides is 1. The summed E-state index contributed by atoms with van der Waals surface area (Å²) >= 11 is 0. The maximum absolute atomic E-state index is 13.2. The van der Waals surface area contributed by atoms with Gasteiger partial charge in [-0.05, 0) is 43.7 Å². The molecule has 1 aliphatic rings. The number of nitrogens with two attached hydrogens (primary N) is 1. The van der Waals surface area contributed by atoms with Crippen LogP contribution in [0.2, 0.25) is 0 Å². The fourth-order valence-corrected chi connectivity index (χ4v) is 5.42. The molecule has 0 radical (unpaired) electrons. The number of carbonyl (C=O) groups is 2. The van der Waals surface area contributed by atoms with E-state index in [-0.39, 0.29) is 23.6 Å². The number of carbonyl (C=O) groups excluding carboxylic acids is 1. The third-order valence-electron chi connectivity index (χ3n) is 5.34. The highest BCUT2D eigenvalue weighted by molar-refractivity contribution is 7.89. The lowest BCUT2D eigenvalue weighted by Gasteiger charge is -2.21. The summed E-state index contributed by atoms with van der Waals surface area (Å²) in [7, 11) is -4.00. The largest absolute Gasteiger partial charge is 0.494 e. The SMILES string of the molecule is CCOc1ccc(S(=O)(=O)N2CC(C=Nc3ccccc3C(=N)CC(=O)O)C[C@H]2C(N)=O)cc1. The Morgan fingerprint density at radius 2 is 1.91 bits per heavy atom. The molecule has 1 unspecified atom stereocenters. The Bertz CT molecular complexity index is 1210. The normalized spacial score (nSPS) is 18.7. The zero-order valence-corrected chi connectivity index (χ0v) is 19.4. The van der Waals surface area contributed by atoms with Crippen molar-refractivity contribution in [3.63, 3.8) is 0 Å². The third kappa shape index (κ3) is 5.67. The second kappa shape index (κ2) is 10.6. The van der Waals surface area contributed by atoms with Crippen LogP contribution in [0.5, 0.6) is 5.75 Å². The molecule has 2 atom stereocenters. The fourth-order valence-electron chi connectivity index (χ4n) is 3.75. The number of ether oxygens (including phenoxy) is 1. The number of hydrogen-bond donors (Lipinski definition) is 3. The smallest absolute Gasteiger partial charge is 0.309 e. The molecule has 0 aliphatic carbocycles. The van der Waals surface area contributed by atoms with Gasteiger partial charge in [0, 0.05) is 24.2 Å². The van der Waals surface area contributed by atoms with Crippen LogP contribution < -0.4 is 10.5 Å². The van der Waals surface area contributed by atoms with E-state index in [1.54, 1.807) is 36.4 Å². The summed E-state index contributed by atoms with van der Waals surface area (Å²) in [5.41, 5.74) is 6.17. The Balaban J connectivity index is 1.83. The van der Waals surface area contributed by atoms with Crippen LogP contribution in [0, 0.1) is 11.3 Å². The van der Waals surface area contributed by atoms with Crippen molar-refractivity contribution in [3.05, 3.63) is 54.1 Å². The van der Waals surface area contributed by atoms with Gasteiger partial charge in [0.2, 0.25) is 15.9 Å². The number of benzene rings is 2. The van der Waals surface area contributed by atoms with Crippen molar-refractivity contribution >= 4 is 39.5 Å². The van der Waals surface area contributed by atoms with Crippen molar-refractivity contribution < 1.29 is 27.9 Å². The number of aliphatic carboxylic acids is 1. The van der Waals surface area contributed by atoms with E-state index >= 15 is 0 Å². The topological polar surface area (TPSA) is 163 Å². The molecule has 10 nitrogen and oxygen atoms in total. The number of nitrogens with zero attached hydrogens (tertiary/aromatic N) is 2. The van der Waals surface area contributed by atoms with Gasteiger partial charge in [0.15, 0.2) is 0 Å². The number of sulfonamides is 1. The van der Waals surface area contributed by atoms with Gasteiger partial charge in [-0.2, -0.15) is 4.31 Å². The van der Waals surface area contributed by atoms with Crippen LogP contribution in [0.3, 0.4) is 0 Å². The molecule has 2 aromatic rings. The van der Waals surface area contributed by atoms with Gasteiger partial charge in [-0.15, -0.1) is 0 Å². The van der Waals surface area contributed by atoms with E-state index in [0.29, 0.717) is 23.6 Å². The minimum absolute atomic E-state index is 0.00138. The van der Waals surface area contributed by atoms with E-state index in [0.717, 1.165) is 4.31 Å². The minimum Gasteiger partial charge on any atom is -0.494 e. The van der Waals surface area contributed by atoms with Crippen LogP contribution in [0.25, 0.3) is 0 Å². The van der Waals surface area contributed by atoms with Crippen molar-refractivity contribution in [1.82, 2.24) is 4.31 Å². The van der Waals surface area contributed by atoms with Crippen LogP contribution in [0.4, 0.5) is 5.69 Å². The van der Waals surface area contributed by atoms with E-state index in [4.69, 9.17) is 21.0 Å². The van der Waals surface area contributed by atoms with Crippen LogP contribution >= 0.6 is 0 Å². The number of aliphatic imine (C=N–C) groups is 1. The van der Waals surface area contributed by atoms with Crippen molar-refractivity contribution in [2.45, 2.75) is 30.7 Å². The summed E-state index contributed by atoms with van der Waals surface area (Å²) in [6.07, 6.45) is 1.23. The monoisotopic (exact) mass is 486 g/mol. The molecule has 11 heteroatoms. The number of carboxylic acids is 1. The van der Waals surface area contributed by atoms with E-state index in [2.05, 4.69) is 4.99 Å².